The van der Waals surface area contributed by atoms with Crippen LogP contribution in [-0.2, 0) is 0 Å². The largest absolute Gasteiger partial charge is 0.307 e. The first-order chi connectivity index (χ1) is 20.9. The van der Waals surface area contributed by atoms with Gasteiger partial charge in [0.25, 0.3) is 0 Å². The van der Waals surface area contributed by atoms with Crippen molar-refractivity contribution in [1.82, 2.24) is 19.1 Å². The summed E-state index contributed by atoms with van der Waals surface area (Å²) in [6, 6.07) is 50.7. The van der Waals surface area contributed by atoms with E-state index in [1.54, 1.807) is 0 Å². The van der Waals surface area contributed by atoms with E-state index in [1.165, 1.54) is 0 Å². The van der Waals surface area contributed by atoms with Crippen molar-refractivity contribution in [3.8, 4) is 45.3 Å². The number of aromatic nitrogens is 4. The molecule has 4 heterocycles. The van der Waals surface area contributed by atoms with Crippen LogP contribution in [0.2, 0.25) is 0 Å². The predicted octanol–water partition coefficient (Wildman–Crippen LogP) is 9.37. The minimum absolute atomic E-state index is 0.913. The highest BCUT2D eigenvalue weighted by atomic mass is 15.0. The summed E-state index contributed by atoms with van der Waals surface area (Å²) >= 11 is 0. The van der Waals surface area contributed by atoms with Gasteiger partial charge in [0, 0.05) is 45.7 Å². The van der Waals surface area contributed by atoms with Crippen LogP contribution in [0, 0.1) is 0 Å². The van der Waals surface area contributed by atoms with E-state index < -0.39 is 0 Å². The average Bonchev–Trinajstić information content (AvgIpc) is 3.59. The topological polar surface area (TPSA) is 35.6 Å². The van der Waals surface area contributed by atoms with Crippen molar-refractivity contribution in [2.75, 3.05) is 0 Å². The summed E-state index contributed by atoms with van der Waals surface area (Å²) in [6.45, 7) is 0. The van der Waals surface area contributed by atoms with E-state index in [2.05, 4.69) is 143 Å². The van der Waals surface area contributed by atoms with Gasteiger partial charge in [0.05, 0.1) is 33.8 Å². The molecule has 8 aromatic rings. The molecule has 0 N–H and O–H groups in total. The van der Waals surface area contributed by atoms with Gasteiger partial charge >= 0.3 is 0 Å². The van der Waals surface area contributed by atoms with E-state index in [1.807, 2.05) is 24.5 Å². The SMILES string of the molecule is c1ccc(-n2c(-c3ccccn3)c(-c3c(-c4ccccn4)n(-c4ccccc4)c4ccccc34)c3ccccc32)cc1. The molecule has 0 saturated carbocycles. The van der Waals surface area contributed by atoms with Crippen LogP contribution >= 0.6 is 0 Å². The molecule has 42 heavy (non-hydrogen) atoms. The molecule has 198 valence electrons. The summed E-state index contributed by atoms with van der Waals surface area (Å²) in [4.78, 5) is 9.84. The first kappa shape index (κ1) is 24.1. The standard InChI is InChI=1S/C38H26N4/c1-3-15-27(16-4-1)41-33-23-9-7-19-29(33)35(37(41)31-21-11-13-25-39-31)36-30-20-8-10-24-34(30)42(28-17-5-2-6-18-28)38(36)32-22-12-14-26-40-32/h1-26H. The Labute approximate surface area is 243 Å². The predicted molar refractivity (Wildman–Crippen MR) is 172 cm³/mol. The molecule has 4 nitrogen and oxygen atoms in total. The molecule has 0 aliphatic carbocycles. The van der Waals surface area contributed by atoms with Crippen LogP contribution in [0.5, 0.6) is 0 Å². The Morgan fingerprint density at radius 2 is 0.738 bits per heavy atom. The lowest BCUT2D eigenvalue weighted by Crippen LogP contribution is -2.00. The Morgan fingerprint density at radius 1 is 0.357 bits per heavy atom. The van der Waals surface area contributed by atoms with Gasteiger partial charge in [-0.15, -0.1) is 0 Å². The second kappa shape index (κ2) is 10.0. The zero-order valence-electron chi connectivity index (χ0n) is 22.8. The van der Waals surface area contributed by atoms with E-state index in [4.69, 9.17) is 9.97 Å². The van der Waals surface area contributed by atoms with E-state index in [0.717, 1.165) is 67.1 Å². The van der Waals surface area contributed by atoms with Gasteiger partial charge in [0.1, 0.15) is 0 Å². The first-order valence-corrected chi connectivity index (χ1v) is 14.1. The fourth-order valence-corrected chi connectivity index (χ4v) is 6.17. The molecule has 4 heteroatoms. The molecule has 0 amide bonds. The number of fused-ring (bicyclic) bond motifs is 2. The lowest BCUT2D eigenvalue weighted by atomic mass is 9.96. The van der Waals surface area contributed by atoms with Gasteiger partial charge in [-0.25, -0.2) is 0 Å². The number of nitrogens with zero attached hydrogens (tertiary/aromatic N) is 4. The van der Waals surface area contributed by atoms with E-state index in [9.17, 15) is 0 Å². The Morgan fingerprint density at radius 3 is 1.14 bits per heavy atom. The van der Waals surface area contributed by atoms with Crippen molar-refractivity contribution >= 4 is 21.8 Å². The van der Waals surface area contributed by atoms with Crippen LogP contribution in [0.25, 0.3) is 67.1 Å². The highest BCUT2D eigenvalue weighted by Crippen LogP contribution is 2.49. The molecular weight excluding hydrogens is 512 g/mol. The van der Waals surface area contributed by atoms with Crippen molar-refractivity contribution in [2.24, 2.45) is 0 Å². The van der Waals surface area contributed by atoms with Gasteiger partial charge in [-0.05, 0) is 60.7 Å². The zero-order valence-corrected chi connectivity index (χ0v) is 22.8. The van der Waals surface area contributed by atoms with Gasteiger partial charge in [-0.1, -0.05) is 84.9 Å². The molecule has 4 aromatic carbocycles. The van der Waals surface area contributed by atoms with Gasteiger partial charge in [-0.3, -0.25) is 9.97 Å². The smallest absolute Gasteiger partial charge is 0.0876 e. The highest BCUT2D eigenvalue weighted by molar-refractivity contribution is 6.16. The monoisotopic (exact) mass is 538 g/mol. The van der Waals surface area contributed by atoms with Gasteiger partial charge < -0.3 is 9.13 Å². The van der Waals surface area contributed by atoms with Crippen LogP contribution < -0.4 is 0 Å². The Kier molecular flexibility index (Phi) is 5.75. The van der Waals surface area contributed by atoms with Crippen molar-refractivity contribution < 1.29 is 0 Å². The van der Waals surface area contributed by atoms with E-state index in [-0.39, 0.29) is 0 Å². The van der Waals surface area contributed by atoms with Crippen LogP contribution in [0.1, 0.15) is 0 Å². The summed E-state index contributed by atoms with van der Waals surface area (Å²) in [5, 5.41) is 2.32. The highest BCUT2D eigenvalue weighted by Gasteiger charge is 2.29. The molecule has 0 aliphatic heterocycles. The van der Waals surface area contributed by atoms with Crippen LogP contribution in [0.3, 0.4) is 0 Å². The molecular formula is C38H26N4. The summed E-state index contributed by atoms with van der Waals surface area (Å²) in [7, 11) is 0. The third-order valence-corrected chi connectivity index (χ3v) is 7.84. The van der Waals surface area contributed by atoms with Crippen molar-refractivity contribution in [2.45, 2.75) is 0 Å². The fraction of sp³-hybridized carbons (Fsp3) is 0. The molecule has 0 atom stereocenters. The normalized spacial score (nSPS) is 11.3. The van der Waals surface area contributed by atoms with Crippen LogP contribution in [-0.4, -0.2) is 19.1 Å². The average molecular weight is 539 g/mol. The second-order valence-electron chi connectivity index (χ2n) is 10.3. The summed E-state index contributed by atoms with van der Waals surface area (Å²) in [5.74, 6) is 0. The third-order valence-electron chi connectivity index (χ3n) is 7.84. The number of hydrogen-bond acceptors (Lipinski definition) is 2. The Hall–Kier alpha value is -5.74. The zero-order chi connectivity index (χ0) is 27.9. The van der Waals surface area contributed by atoms with Gasteiger partial charge in [0.15, 0.2) is 0 Å². The molecule has 0 radical (unpaired) electrons. The molecule has 0 saturated heterocycles. The van der Waals surface area contributed by atoms with Crippen molar-refractivity contribution in [3.05, 3.63) is 158 Å². The summed E-state index contributed by atoms with van der Waals surface area (Å²) < 4.78 is 4.70. The second-order valence-corrected chi connectivity index (χ2v) is 10.3. The molecule has 0 fully saturated rings. The van der Waals surface area contributed by atoms with Crippen LogP contribution in [0.4, 0.5) is 0 Å². The number of pyridine rings is 2. The minimum Gasteiger partial charge on any atom is -0.307 e. The number of hydrogen-bond donors (Lipinski definition) is 0. The molecule has 8 rings (SSSR count). The lowest BCUT2D eigenvalue weighted by Gasteiger charge is -2.15. The quantitative estimate of drug-likeness (QED) is 0.219. The first-order valence-electron chi connectivity index (χ1n) is 14.1. The third kappa shape index (κ3) is 3.77. The minimum atomic E-state index is 0.913. The molecule has 0 spiro atoms. The van der Waals surface area contributed by atoms with Crippen molar-refractivity contribution in [1.29, 1.82) is 0 Å². The molecule has 0 bridgehead atoms. The maximum atomic E-state index is 4.92. The number of para-hydroxylation sites is 4. The molecule has 4 aromatic heterocycles. The van der Waals surface area contributed by atoms with E-state index >= 15 is 0 Å². The summed E-state index contributed by atoms with van der Waals surface area (Å²) in [5.41, 5.74) is 10.6. The molecule has 0 unspecified atom stereocenters. The Bertz CT molecular complexity index is 2000. The van der Waals surface area contributed by atoms with Gasteiger partial charge in [0.2, 0.25) is 0 Å². The fourth-order valence-electron chi connectivity index (χ4n) is 6.17. The number of benzene rings is 4. The maximum Gasteiger partial charge on any atom is 0.0876 e. The van der Waals surface area contributed by atoms with Crippen LogP contribution in [0.15, 0.2) is 158 Å². The Balaban J connectivity index is 1.62. The molecule has 0 aliphatic rings. The van der Waals surface area contributed by atoms with E-state index in [0.29, 0.717) is 0 Å². The summed E-state index contributed by atoms with van der Waals surface area (Å²) in [6.07, 6.45) is 3.75. The maximum absolute atomic E-state index is 4.92. The lowest BCUT2D eigenvalue weighted by molar-refractivity contribution is 1.11. The van der Waals surface area contributed by atoms with Crippen molar-refractivity contribution in [3.63, 3.8) is 0 Å². The van der Waals surface area contributed by atoms with Gasteiger partial charge in [-0.2, -0.15) is 0 Å². The number of rotatable bonds is 5.